The van der Waals surface area contributed by atoms with Gasteiger partial charge in [0.1, 0.15) is 10.1 Å². The summed E-state index contributed by atoms with van der Waals surface area (Å²) in [5.41, 5.74) is 1.78. The third-order valence-electron chi connectivity index (χ3n) is 4.41. The van der Waals surface area contributed by atoms with Crippen LogP contribution >= 0.6 is 24.0 Å². The van der Waals surface area contributed by atoms with Gasteiger partial charge >= 0.3 is 0 Å². The Hall–Kier alpha value is -3.96. The second-order valence-corrected chi connectivity index (χ2v) is 8.86. The average Bonchev–Trinajstić information content (AvgIpc) is 2.88. The number of hydrogen-bond donors (Lipinski definition) is 4. The van der Waals surface area contributed by atoms with Gasteiger partial charge in [-0.15, -0.1) is 6.58 Å². The van der Waals surface area contributed by atoms with Crippen molar-refractivity contribution >= 4 is 63.0 Å². The Kier molecular flexibility index (Phi) is 10.2. The van der Waals surface area contributed by atoms with Crippen LogP contribution in [0.1, 0.15) is 0 Å². The van der Waals surface area contributed by atoms with Crippen molar-refractivity contribution in [3.8, 4) is 5.75 Å². The first kappa shape index (κ1) is 26.6. The van der Waals surface area contributed by atoms with E-state index in [2.05, 4.69) is 44.4 Å². The molecule has 0 unspecified atom stereocenters. The van der Waals surface area contributed by atoms with E-state index in [1.165, 1.54) is 17.8 Å². The van der Waals surface area contributed by atoms with Gasteiger partial charge < -0.3 is 26.0 Å². The Balaban J connectivity index is 1.55. The first-order valence-corrected chi connectivity index (χ1v) is 12.2. The highest BCUT2D eigenvalue weighted by molar-refractivity contribution is 8.22. The van der Waals surface area contributed by atoms with E-state index in [1.807, 2.05) is 24.3 Å². The van der Waals surface area contributed by atoms with Crippen LogP contribution in [0.4, 0.5) is 33.2 Å². The number of thiocarbonyl (C=S) groups is 1. The molecular weight excluding hydrogens is 499 g/mol. The minimum absolute atomic E-state index is 0.0161. The summed E-state index contributed by atoms with van der Waals surface area (Å²) in [7, 11) is 0. The summed E-state index contributed by atoms with van der Waals surface area (Å²) in [6.07, 6.45) is 3.99. The van der Waals surface area contributed by atoms with Crippen molar-refractivity contribution < 1.29 is 13.9 Å². The Morgan fingerprint density at radius 3 is 2.64 bits per heavy atom. The molecule has 0 radical (unpaired) electrons. The van der Waals surface area contributed by atoms with Crippen molar-refractivity contribution in [1.82, 2.24) is 15.3 Å². The molecule has 1 amide bonds. The minimum Gasteiger partial charge on any atom is -0.493 e. The van der Waals surface area contributed by atoms with Gasteiger partial charge in [0, 0.05) is 29.4 Å². The van der Waals surface area contributed by atoms with Crippen molar-refractivity contribution in [2.45, 2.75) is 0 Å². The largest absolute Gasteiger partial charge is 0.493 e. The molecule has 0 aliphatic carbocycles. The maximum absolute atomic E-state index is 14.3. The summed E-state index contributed by atoms with van der Waals surface area (Å²) in [5, 5.41) is 11.6. The van der Waals surface area contributed by atoms with E-state index in [9.17, 15) is 9.18 Å². The van der Waals surface area contributed by atoms with Crippen molar-refractivity contribution in [2.24, 2.45) is 0 Å². The lowest BCUT2D eigenvalue weighted by atomic mass is 10.2. The lowest BCUT2D eigenvalue weighted by Gasteiger charge is -2.11. The summed E-state index contributed by atoms with van der Waals surface area (Å²) in [6, 6.07) is 14.0. The zero-order valence-electron chi connectivity index (χ0n) is 19.3. The summed E-state index contributed by atoms with van der Waals surface area (Å²) in [4.78, 5) is 19.7. The molecule has 0 aliphatic rings. The number of carbonyl (C=O) groups is 1. The van der Waals surface area contributed by atoms with Gasteiger partial charge in [0.15, 0.2) is 11.6 Å². The van der Waals surface area contributed by atoms with Gasteiger partial charge in [-0.05, 0) is 48.5 Å². The molecule has 0 fully saturated rings. The summed E-state index contributed by atoms with van der Waals surface area (Å²) in [6.45, 7) is 8.20. The number of carbonyl (C=O) groups excluding carboxylic acids is 1. The van der Waals surface area contributed by atoms with E-state index >= 15 is 0 Å². The van der Waals surface area contributed by atoms with Gasteiger partial charge in [0.05, 0.1) is 12.8 Å². The highest BCUT2D eigenvalue weighted by atomic mass is 32.2. The van der Waals surface area contributed by atoms with Gasteiger partial charge in [-0.1, -0.05) is 42.7 Å². The van der Waals surface area contributed by atoms with E-state index in [1.54, 1.807) is 30.3 Å². The van der Waals surface area contributed by atoms with Gasteiger partial charge in [-0.3, -0.25) is 4.79 Å². The molecule has 3 aromatic rings. The summed E-state index contributed by atoms with van der Waals surface area (Å²) in [5.74, 6) is 0.644. The molecule has 0 spiro atoms. The van der Waals surface area contributed by atoms with Gasteiger partial charge in [0.25, 0.3) is 0 Å². The Morgan fingerprint density at radius 1 is 1.11 bits per heavy atom. The van der Waals surface area contributed by atoms with Crippen LogP contribution in [0, 0.1) is 5.82 Å². The maximum atomic E-state index is 14.3. The van der Waals surface area contributed by atoms with Crippen molar-refractivity contribution in [1.29, 1.82) is 0 Å². The molecule has 1 heterocycles. The van der Waals surface area contributed by atoms with Gasteiger partial charge in [0.2, 0.25) is 11.9 Å². The molecular formula is C25H25FN6O2S2. The predicted molar refractivity (Wildman–Crippen MR) is 149 cm³/mol. The number of anilines is 5. The molecule has 4 N–H and O–H groups in total. The lowest BCUT2D eigenvalue weighted by Crippen LogP contribution is -2.19. The molecule has 1 aromatic heterocycles. The van der Waals surface area contributed by atoms with Crippen molar-refractivity contribution in [3.63, 3.8) is 0 Å². The summed E-state index contributed by atoms with van der Waals surface area (Å²) < 4.78 is 20.8. The molecule has 36 heavy (non-hydrogen) atoms. The molecule has 0 saturated carbocycles. The molecule has 3 rings (SSSR count). The average molecular weight is 525 g/mol. The van der Waals surface area contributed by atoms with Crippen LogP contribution in [0.25, 0.3) is 0 Å². The van der Waals surface area contributed by atoms with E-state index in [0.29, 0.717) is 46.0 Å². The van der Waals surface area contributed by atoms with Crippen LogP contribution in [-0.2, 0) is 4.79 Å². The van der Waals surface area contributed by atoms with E-state index in [-0.39, 0.29) is 17.7 Å². The zero-order chi connectivity index (χ0) is 25.8. The van der Waals surface area contributed by atoms with Crippen molar-refractivity contribution in [2.75, 3.05) is 34.9 Å². The Morgan fingerprint density at radius 2 is 1.89 bits per heavy atom. The number of halogens is 1. The number of nitrogens with one attached hydrogen (secondary N) is 4. The predicted octanol–water partition coefficient (Wildman–Crippen LogP) is 5.40. The molecule has 8 nitrogen and oxygen atoms in total. The fourth-order valence-electron chi connectivity index (χ4n) is 2.78. The van der Waals surface area contributed by atoms with Crippen LogP contribution in [0.15, 0.2) is 80.0 Å². The van der Waals surface area contributed by atoms with Crippen molar-refractivity contribution in [3.05, 3.63) is 85.9 Å². The fourth-order valence-corrected chi connectivity index (χ4v) is 3.65. The molecule has 0 aliphatic heterocycles. The van der Waals surface area contributed by atoms with Gasteiger partial charge in [-0.25, -0.2) is 9.37 Å². The SMILES string of the molecule is C=CCNC(=S)SCCOc1ccc(Nc2ncc(F)c(Nc3cccc(NC(=O)C=C)c3)n2)cc1. The number of aromatic nitrogens is 2. The Labute approximate surface area is 218 Å². The summed E-state index contributed by atoms with van der Waals surface area (Å²) >= 11 is 6.70. The third-order valence-corrected chi connectivity index (χ3v) is 5.68. The number of ether oxygens (including phenoxy) is 1. The topological polar surface area (TPSA) is 100 Å². The first-order valence-electron chi connectivity index (χ1n) is 10.8. The number of rotatable bonds is 12. The number of thioether (sulfide) groups is 1. The number of nitrogens with zero attached hydrogens (tertiary/aromatic N) is 2. The lowest BCUT2D eigenvalue weighted by molar-refractivity contribution is -0.111. The van der Waals surface area contributed by atoms with E-state index in [0.717, 1.165) is 6.20 Å². The fraction of sp³-hybridized carbons (Fsp3) is 0.120. The quantitative estimate of drug-likeness (QED) is 0.107. The zero-order valence-corrected chi connectivity index (χ0v) is 20.9. The van der Waals surface area contributed by atoms with E-state index < -0.39 is 5.82 Å². The Bertz CT molecular complexity index is 1220. The van der Waals surface area contributed by atoms with E-state index in [4.69, 9.17) is 17.0 Å². The van der Waals surface area contributed by atoms with Crippen LogP contribution < -0.4 is 26.0 Å². The van der Waals surface area contributed by atoms with Crippen LogP contribution in [0.2, 0.25) is 0 Å². The molecule has 2 aromatic carbocycles. The number of benzene rings is 2. The number of amides is 1. The normalized spacial score (nSPS) is 10.1. The minimum atomic E-state index is -0.623. The van der Waals surface area contributed by atoms with Crippen LogP contribution in [0.5, 0.6) is 5.75 Å². The monoisotopic (exact) mass is 524 g/mol. The molecule has 0 saturated heterocycles. The second kappa shape index (κ2) is 13.8. The molecule has 186 valence electrons. The van der Waals surface area contributed by atoms with Crippen LogP contribution in [-0.4, -0.2) is 39.1 Å². The number of hydrogen-bond acceptors (Lipinski definition) is 8. The first-order chi connectivity index (χ1) is 17.5. The second-order valence-electron chi connectivity index (χ2n) is 7.09. The highest BCUT2D eigenvalue weighted by Crippen LogP contribution is 2.23. The standard InChI is InChI=1S/C25H25FN6O2S2/c1-3-12-27-25(35)36-14-13-34-20-10-8-17(9-11-20)31-24-28-16-21(26)23(32-24)30-19-7-5-6-18(15-19)29-22(33)4-2/h3-11,15-16H,1-2,12-14H2,(H,27,35)(H,29,33)(H2,28,30,31,32). The van der Waals surface area contributed by atoms with Gasteiger partial charge in [-0.2, -0.15) is 4.98 Å². The molecule has 11 heteroatoms. The van der Waals surface area contributed by atoms with Crippen LogP contribution in [0.3, 0.4) is 0 Å². The third kappa shape index (κ3) is 8.67. The molecule has 0 bridgehead atoms. The smallest absolute Gasteiger partial charge is 0.247 e. The highest BCUT2D eigenvalue weighted by Gasteiger charge is 2.09. The maximum Gasteiger partial charge on any atom is 0.247 e. The molecule has 0 atom stereocenters.